The van der Waals surface area contributed by atoms with E-state index in [9.17, 15) is 4.79 Å². The van der Waals surface area contributed by atoms with Crippen LogP contribution in [0, 0.1) is 0 Å². The minimum absolute atomic E-state index is 0.323. The molecule has 0 bridgehead atoms. The Labute approximate surface area is 108 Å². The number of hydrogen-bond donors (Lipinski definition) is 1. The van der Waals surface area contributed by atoms with Gasteiger partial charge in [-0.05, 0) is 27.7 Å². The molecule has 1 unspecified atom stereocenters. The maximum absolute atomic E-state index is 11.5. The fourth-order valence-corrected chi connectivity index (χ4v) is 2.62. The highest BCUT2D eigenvalue weighted by molar-refractivity contribution is 7.99. The van der Waals surface area contributed by atoms with Crippen LogP contribution in [0.3, 0.4) is 0 Å². The van der Waals surface area contributed by atoms with Crippen LogP contribution >= 0.6 is 11.8 Å². The molecular weight excluding hydrogens is 236 g/mol. The zero-order valence-corrected chi connectivity index (χ0v) is 12.1. The number of hydrogen-bond acceptors (Lipinski definition) is 4. The van der Waals surface area contributed by atoms with E-state index in [-0.39, 0.29) is 6.09 Å². The van der Waals surface area contributed by atoms with Gasteiger partial charge in [-0.15, -0.1) is 0 Å². The van der Waals surface area contributed by atoms with E-state index in [4.69, 9.17) is 4.74 Å². The number of carbonyl (C=O) groups excluding carboxylic acids is 1. The molecule has 0 aromatic heterocycles. The number of nitrogens with one attached hydrogen (secondary N) is 1. The highest BCUT2D eigenvalue weighted by Gasteiger charge is 2.19. The van der Waals surface area contributed by atoms with Gasteiger partial charge in [-0.25, -0.2) is 4.79 Å². The van der Waals surface area contributed by atoms with Crippen molar-refractivity contribution in [2.75, 3.05) is 31.1 Å². The molecule has 1 rings (SSSR count). The molecule has 0 aromatic carbocycles. The SMILES string of the molecule is CC(CNC(=O)OC(C)(C)C)N1CCSCC1. The van der Waals surface area contributed by atoms with Crippen molar-refractivity contribution >= 4 is 17.9 Å². The molecule has 1 N–H and O–H groups in total. The van der Waals surface area contributed by atoms with E-state index in [2.05, 4.69) is 17.1 Å². The normalized spacial score (nSPS) is 19.8. The first-order valence-corrected chi connectivity index (χ1v) is 7.32. The quantitative estimate of drug-likeness (QED) is 0.842. The Bertz CT molecular complexity index is 247. The van der Waals surface area contributed by atoms with Gasteiger partial charge in [-0.2, -0.15) is 11.8 Å². The molecular formula is C12H24N2O2S. The second kappa shape index (κ2) is 6.50. The van der Waals surface area contributed by atoms with E-state index in [1.165, 1.54) is 11.5 Å². The molecule has 0 spiro atoms. The standard InChI is InChI=1S/C12H24N2O2S/c1-10(14-5-7-17-8-6-14)9-13-11(15)16-12(2,3)4/h10H,5-9H2,1-4H3,(H,13,15). The Balaban J connectivity index is 2.22. The van der Waals surface area contributed by atoms with Gasteiger partial charge in [0.1, 0.15) is 5.60 Å². The topological polar surface area (TPSA) is 41.6 Å². The van der Waals surface area contributed by atoms with Crippen LogP contribution in [-0.4, -0.2) is 53.8 Å². The molecule has 17 heavy (non-hydrogen) atoms. The van der Waals surface area contributed by atoms with Crippen molar-refractivity contribution in [1.82, 2.24) is 10.2 Å². The van der Waals surface area contributed by atoms with Crippen molar-refractivity contribution < 1.29 is 9.53 Å². The molecule has 0 saturated carbocycles. The summed E-state index contributed by atoms with van der Waals surface area (Å²) in [7, 11) is 0. The lowest BCUT2D eigenvalue weighted by atomic mass is 10.2. The van der Waals surface area contributed by atoms with Crippen molar-refractivity contribution in [1.29, 1.82) is 0 Å². The molecule has 5 heteroatoms. The average molecular weight is 260 g/mol. The number of carbonyl (C=O) groups is 1. The summed E-state index contributed by atoms with van der Waals surface area (Å²) in [5, 5.41) is 2.83. The van der Waals surface area contributed by atoms with E-state index < -0.39 is 5.60 Å². The number of ether oxygens (including phenoxy) is 1. The minimum Gasteiger partial charge on any atom is -0.444 e. The summed E-state index contributed by atoms with van der Waals surface area (Å²) in [6, 6.07) is 0.378. The highest BCUT2D eigenvalue weighted by Crippen LogP contribution is 2.12. The highest BCUT2D eigenvalue weighted by atomic mass is 32.2. The van der Waals surface area contributed by atoms with E-state index in [1.807, 2.05) is 32.5 Å². The van der Waals surface area contributed by atoms with Gasteiger partial charge in [0.05, 0.1) is 0 Å². The summed E-state index contributed by atoms with van der Waals surface area (Å²) in [5.74, 6) is 2.38. The third kappa shape index (κ3) is 6.17. The second-order valence-corrected chi connectivity index (χ2v) is 6.60. The first-order valence-electron chi connectivity index (χ1n) is 6.17. The lowest BCUT2D eigenvalue weighted by Gasteiger charge is -2.32. The largest absolute Gasteiger partial charge is 0.444 e. The lowest BCUT2D eigenvalue weighted by molar-refractivity contribution is 0.0511. The molecule has 100 valence electrons. The molecule has 1 saturated heterocycles. The van der Waals surface area contributed by atoms with Crippen LogP contribution in [0.5, 0.6) is 0 Å². The zero-order chi connectivity index (χ0) is 12.9. The van der Waals surface area contributed by atoms with Crippen LogP contribution in [0.2, 0.25) is 0 Å². The molecule has 0 radical (unpaired) electrons. The number of amides is 1. The van der Waals surface area contributed by atoms with Crippen molar-refractivity contribution in [3.8, 4) is 0 Å². The predicted molar refractivity (Wildman–Crippen MR) is 72.6 cm³/mol. The van der Waals surface area contributed by atoms with Gasteiger partial charge < -0.3 is 10.1 Å². The number of rotatable bonds is 3. The third-order valence-corrected chi connectivity index (χ3v) is 3.55. The van der Waals surface area contributed by atoms with Crippen molar-refractivity contribution in [2.24, 2.45) is 0 Å². The summed E-state index contributed by atoms with van der Waals surface area (Å²) < 4.78 is 5.20. The number of nitrogens with zero attached hydrogens (tertiary/aromatic N) is 1. The Kier molecular flexibility index (Phi) is 5.59. The molecule has 4 nitrogen and oxygen atoms in total. The summed E-state index contributed by atoms with van der Waals surface area (Å²) in [6.45, 7) is 10.6. The Morgan fingerprint density at radius 3 is 2.53 bits per heavy atom. The van der Waals surface area contributed by atoms with Crippen LogP contribution in [-0.2, 0) is 4.74 Å². The molecule has 1 aliphatic rings. The average Bonchev–Trinajstić information content (AvgIpc) is 2.25. The summed E-state index contributed by atoms with van der Waals surface area (Å²) in [5.41, 5.74) is -0.422. The molecule has 0 aromatic rings. The number of thioether (sulfide) groups is 1. The van der Waals surface area contributed by atoms with Gasteiger partial charge in [-0.3, -0.25) is 4.90 Å². The minimum atomic E-state index is -0.422. The van der Waals surface area contributed by atoms with Crippen LogP contribution in [0.4, 0.5) is 4.79 Å². The molecule has 1 fully saturated rings. The van der Waals surface area contributed by atoms with Gasteiger partial charge in [0.15, 0.2) is 0 Å². The molecule has 1 aliphatic heterocycles. The fraction of sp³-hybridized carbons (Fsp3) is 0.917. The van der Waals surface area contributed by atoms with Crippen molar-refractivity contribution in [3.05, 3.63) is 0 Å². The Morgan fingerprint density at radius 1 is 1.41 bits per heavy atom. The summed E-state index contributed by atoms with van der Waals surface area (Å²) in [6.07, 6.45) is -0.323. The van der Waals surface area contributed by atoms with E-state index in [1.54, 1.807) is 0 Å². The van der Waals surface area contributed by atoms with Gasteiger partial charge in [0.25, 0.3) is 0 Å². The molecule has 1 atom stereocenters. The van der Waals surface area contributed by atoms with Gasteiger partial charge in [0, 0.05) is 37.2 Å². The predicted octanol–water partition coefficient (Wildman–Crippen LogP) is 1.95. The van der Waals surface area contributed by atoms with E-state index in [0.717, 1.165) is 13.1 Å². The van der Waals surface area contributed by atoms with Crippen molar-refractivity contribution in [3.63, 3.8) is 0 Å². The smallest absolute Gasteiger partial charge is 0.407 e. The maximum Gasteiger partial charge on any atom is 0.407 e. The summed E-state index contributed by atoms with van der Waals surface area (Å²) >= 11 is 1.99. The first-order chi connectivity index (χ1) is 7.88. The maximum atomic E-state index is 11.5. The zero-order valence-electron chi connectivity index (χ0n) is 11.3. The van der Waals surface area contributed by atoms with Gasteiger partial charge in [-0.1, -0.05) is 0 Å². The summed E-state index contributed by atoms with van der Waals surface area (Å²) in [4.78, 5) is 13.9. The Hall–Kier alpha value is -0.420. The van der Waals surface area contributed by atoms with Crippen molar-refractivity contribution in [2.45, 2.75) is 39.3 Å². The van der Waals surface area contributed by atoms with Gasteiger partial charge >= 0.3 is 6.09 Å². The molecule has 0 aliphatic carbocycles. The van der Waals surface area contributed by atoms with Crippen LogP contribution in [0.1, 0.15) is 27.7 Å². The Morgan fingerprint density at radius 2 is 2.00 bits per heavy atom. The van der Waals surface area contributed by atoms with E-state index in [0.29, 0.717) is 12.6 Å². The van der Waals surface area contributed by atoms with Crippen LogP contribution in [0.25, 0.3) is 0 Å². The molecule has 1 amide bonds. The van der Waals surface area contributed by atoms with Crippen LogP contribution in [0.15, 0.2) is 0 Å². The van der Waals surface area contributed by atoms with Gasteiger partial charge in [0.2, 0.25) is 0 Å². The third-order valence-electron chi connectivity index (χ3n) is 2.61. The monoisotopic (exact) mass is 260 g/mol. The lowest BCUT2D eigenvalue weighted by Crippen LogP contribution is -2.46. The second-order valence-electron chi connectivity index (χ2n) is 5.38. The first kappa shape index (κ1) is 14.6. The van der Waals surface area contributed by atoms with Crippen LogP contribution < -0.4 is 5.32 Å². The fourth-order valence-electron chi connectivity index (χ4n) is 1.69. The molecule has 1 heterocycles. The number of alkyl carbamates (subject to hydrolysis) is 1. The van der Waals surface area contributed by atoms with E-state index >= 15 is 0 Å².